The molecule has 0 atom stereocenters. The van der Waals surface area contributed by atoms with Gasteiger partial charge in [0.2, 0.25) is 5.91 Å². The van der Waals surface area contributed by atoms with Crippen LogP contribution in [0.1, 0.15) is 11.1 Å². The van der Waals surface area contributed by atoms with Crippen LogP contribution < -0.4 is 5.32 Å². The molecule has 0 aliphatic rings. The van der Waals surface area contributed by atoms with E-state index in [2.05, 4.69) is 21.2 Å². The summed E-state index contributed by atoms with van der Waals surface area (Å²) in [4.78, 5) is 11.9. The van der Waals surface area contributed by atoms with E-state index in [4.69, 9.17) is 0 Å². The summed E-state index contributed by atoms with van der Waals surface area (Å²) in [7, 11) is 0. The first-order valence-electron chi connectivity index (χ1n) is 5.96. The fourth-order valence-corrected chi connectivity index (χ4v) is 2.14. The van der Waals surface area contributed by atoms with E-state index in [1.807, 2.05) is 13.0 Å². The summed E-state index contributed by atoms with van der Waals surface area (Å²) >= 11 is 3.37. The van der Waals surface area contributed by atoms with Crippen molar-refractivity contribution in [1.82, 2.24) is 0 Å². The lowest BCUT2D eigenvalue weighted by atomic mass is 10.1. The van der Waals surface area contributed by atoms with Crippen LogP contribution in [0.25, 0.3) is 0 Å². The Morgan fingerprint density at radius 2 is 2.00 bits per heavy atom. The van der Waals surface area contributed by atoms with Crippen molar-refractivity contribution in [2.75, 3.05) is 5.32 Å². The third kappa shape index (κ3) is 3.42. The number of hydrogen-bond donors (Lipinski definition) is 1. The van der Waals surface area contributed by atoms with Gasteiger partial charge in [0, 0.05) is 16.2 Å². The van der Waals surface area contributed by atoms with Crippen LogP contribution >= 0.6 is 15.9 Å². The van der Waals surface area contributed by atoms with Gasteiger partial charge in [-0.2, -0.15) is 0 Å². The molecule has 1 N–H and O–H groups in total. The van der Waals surface area contributed by atoms with Gasteiger partial charge in [-0.3, -0.25) is 4.79 Å². The van der Waals surface area contributed by atoms with Crippen LogP contribution in [-0.2, 0) is 11.2 Å². The first kappa shape index (κ1) is 14.7. The molecular weight excluding hydrogens is 328 g/mol. The van der Waals surface area contributed by atoms with Crippen LogP contribution in [0.4, 0.5) is 14.5 Å². The molecule has 0 saturated carbocycles. The van der Waals surface area contributed by atoms with E-state index in [-0.39, 0.29) is 17.9 Å². The second-order valence-corrected chi connectivity index (χ2v) is 5.23. The highest BCUT2D eigenvalue weighted by Gasteiger charge is 2.11. The summed E-state index contributed by atoms with van der Waals surface area (Å²) in [6.07, 6.45) is -0.141. The van der Waals surface area contributed by atoms with E-state index in [0.29, 0.717) is 5.69 Å². The fourth-order valence-electron chi connectivity index (χ4n) is 1.78. The Morgan fingerprint density at radius 3 is 2.70 bits per heavy atom. The quantitative estimate of drug-likeness (QED) is 0.891. The van der Waals surface area contributed by atoms with Crippen molar-refractivity contribution in [1.29, 1.82) is 0 Å². The van der Waals surface area contributed by atoms with E-state index in [1.165, 1.54) is 6.07 Å². The van der Waals surface area contributed by atoms with E-state index in [1.54, 1.807) is 12.1 Å². The Hall–Kier alpha value is -1.75. The molecule has 5 heteroatoms. The Balaban J connectivity index is 2.11. The van der Waals surface area contributed by atoms with Crippen LogP contribution in [0.5, 0.6) is 0 Å². The van der Waals surface area contributed by atoms with Crippen LogP contribution in [0.2, 0.25) is 0 Å². The summed E-state index contributed by atoms with van der Waals surface area (Å²) in [5, 5.41) is 2.71. The molecule has 0 unspecified atom stereocenters. The van der Waals surface area contributed by atoms with Crippen LogP contribution in [0.3, 0.4) is 0 Å². The third-order valence-electron chi connectivity index (χ3n) is 2.91. The third-order valence-corrected chi connectivity index (χ3v) is 3.77. The smallest absolute Gasteiger partial charge is 0.228 e. The number of hydrogen-bond acceptors (Lipinski definition) is 1. The van der Waals surface area contributed by atoms with Crippen molar-refractivity contribution in [3.8, 4) is 0 Å². The number of nitrogens with one attached hydrogen (secondary N) is 1. The van der Waals surface area contributed by atoms with Gasteiger partial charge in [0.05, 0.1) is 6.42 Å². The highest BCUT2D eigenvalue weighted by atomic mass is 79.9. The Morgan fingerprint density at radius 1 is 1.25 bits per heavy atom. The van der Waals surface area contributed by atoms with Gasteiger partial charge in [0.25, 0.3) is 0 Å². The zero-order chi connectivity index (χ0) is 14.7. The predicted molar refractivity (Wildman–Crippen MR) is 77.6 cm³/mol. The predicted octanol–water partition coefficient (Wildman–Crippen LogP) is 4.22. The monoisotopic (exact) mass is 339 g/mol. The zero-order valence-electron chi connectivity index (χ0n) is 10.7. The van der Waals surface area contributed by atoms with Gasteiger partial charge in [-0.25, -0.2) is 8.78 Å². The van der Waals surface area contributed by atoms with Gasteiger partial charge in [-0.1, -0.05) is 28.1 Å². The molecule has 0 heterocycles. The van der Waals surface area contributed by atoms with Gasteiger partial charge < -0.3 is 5.32 Å². The molecule has 0 fully saturated rings. The molecule has 20 heavy (non-hydrogen) atoms. The summed E-state index contributed by atoms with van der Waals surface area (Å²) in [5.41, 5.74) is 1.71. The van der Waals surface area contributed by atoms with Gasteiger partial charge in [0.15, 0.2) is 0 Å². The molecule has 0 aliphatic carbocycles. The van der Waals surface area contributed by atoms with Gasteiger partial charge >= 0.3 is 0 Å². The molecule has 0 bridgehead atoms. The lowest BCUT2D eigenvalue weighted by molar-refractivity contribution is -0.115. The molecule has 0 radical (unpaired) electrons. The molecular formula is C15H12BrF2NO. The lowest BCUT2D eigenvalue weighted by Gasteiger charge is -2.10. The van der Waals surface area contributed by atoms with Crippen molar-refractivity contribution in [2.45, 2.75) is 13.3 Å². The minimum absolute atomic E-state index is 0.141. The maximum Gasteiger partial charge on any atom is 0.228 e. The second kappa shape index (κ2) is 6.13. The number of amides is 1. The van der Waals surface area contributed by atoms with Crippen molar-refractivity contribution < 1.29 is 13.6 Å². The lowest BCUT2D eigenvalue weighted by Crippen LogP contribution is -2.16. The first-order chi connectivity index (χ1) is 9.47. The SMILES string of the molecule is Cc1c(Br)cccc1NC(=O)Cc1ccc(F)cc1F. The number of halogens is 3. The first-order valence-corrected chi connectivity index (χ1v) is 6.75. The number of benzene rings is 2. The normalized spacial score (nSPS) is 10.4. The van der Waals surface area contributed by atoms with E-state index < -0.39 is 11.6 Å². The molecule has 0 saturated heterocycles. The van der Waals surface area contributed by atoms with E-state index >= 15 is 0 Å². The molecule has 2 nitrogen and oxygen atoms in total. The van der Waals surface area contributed by atoms with Crippen LogP contribution in [0.15, 0.2) is 40.9 Å². The van der Waals surface area contributed by atoms with Gasteiger partial charge in [-0.15, -0.1) is 0 Å². The van der Waals surface area contributed by atoms with Crippen LogP contribution in [-0.4, -0.2) is 5.91 Å². The fraction of sp³-hybridized carbons (Fsp3) is 0.133. The average Bonchev–Trinajstić information content (AvgIpc) is 2.38. The van der Waals surface area contributed by atoms with E-state index in [0.717, 1.165) is 22.2 Å². The molecule has 0 spiro atoms. The minimum Gasteiger partial charge on any atom is -0.326 e. The molecule has 0 aromatic heterocycles. The van der Waals surface area contributed by atoms with Crippen molar-refractivity contribution in [2.24, 2.45) is 0 Å². The van der Waals surface area contributed by atoms with Crippen molar-refractivity contribution >= 4 is 27.5 Å². The standard InChI is InChI=1S/C15H12BrF2NO/c1-9-12(16)3-2-4-14(9)19-15(20)7-10-5-6-11(17)8-13(10)18/h2-6,8H,7H2,1H3,(H,19,20). The molecule has 104 valence electrons. The Labute approximate surface area is 123 Å². The molecule has 2 aromatic rings. The summed E-state index contributed by atoms with van der Waals surface area (Å²) in [5.74, 6) is -1.72. The Kier molecular flexibility index (Phi) is 4.49. The summed E-state index contributed by atoms with van der Waals surface area (Å²) in [6, 6.07) is 8.61. The van der Waals surface area contributed by atoms with Crippen molar-refractivity contribution in [3.63, 3.8) is 0 Å². The zero-order valence-corrected chi connectivity index (χ0v) is 12.3. The summed E-state index contributed by atoms with van der Waals surface area (Å²) < 4.78 is 27.1. The highest BCUT2D eigenvalue weighted by molar-refractivity contribution is 9.10. The number of carbonyl (C=O) groups excluding carboxylic acids is 1. The van der Waals surface area contributed by atoms with Gasteiger partial charge in [-0.05, 0) is 36.2 Å². The Bertz CT molecular complexity index is 658. The van der Waals surface area contributed by atoms with Crippen molar-refractivity contribution in [3.05, 3.63) is 63.6 Å². The molecule has 2 rings (SSSR count). The van der Waals surface area contributed by atoms with E-state index in [9.17, 15) is 13.6 Å². The number of carbonyl (C=O) groups is 1. The molecule has 0 aliphatic heterocycles. The topological polar surface area (TPSA) is 29.1 Å². The second-order valence-electron chi connectivity index (χ2n) is 4.37. The summed E-state index contributed by atoms with van der Waals surface area (Å²) in [6.45, 7) is 1.86. The van der Waals surface area contributed by atoms with Crippen LogP contribution in [0, 0.1) is 18.6 Å². The number of rotatable bonds is 3. The maximum atomic E-state index is 13.5. The number of anilines is 1. The minimum atomic E-state index is -0.717. The molecule has 2 aromatic carbocycles. The average molecular weight is 340 g/mol. The van der Waals surface area contributed by atoms with Gasteiger partial charge in [0.1, 0.15) is 11.6 Å². The largest absolute Gasteiger partial charge is 0.326 e. The maximum absolute atomic E-state index is 13.5. The highest BCUT2D eigenvalue weighted by Crippen LogP contribution is 2.23. The molecule has 1 amide bonds.